The van der Waals surface area contributed by atoms with Gasteiger partial charge in [0.15, 0.2) is 0 Å². The molecule has 1 N–H and O–H groups in total. The third-order valence-electron chi connectivity index (χ3n) is 7.42. The molecular weight excluding hydrogens is 440 g/mol. The number of benzene rings is 3. The molecule has 1 unspecified atom stereocenters. The summed E-state index contributed by atoms with van der Waals surface area (Å²) in [6.45, 7) is 8.78. The van der Waals surface area contributed by atoms with E-state index >= 15 is 0 Å². The van der Waals surface area contributed by atoms with E-state index < -0.39 is 0 Å². The summed E-state index contributed by atoms with van der Waals surface area (Å²) in [6.07, 6.45) is 7.20. The van der Waals surface area contributed by atoms with E-state index in [1.165, 1.54) is 55.3 Å². The van der Waals surface area contributed by atoms with Crippen molar-refractivity contribution < 1.29 is 4.74 Å². The molecule has 3 aromatic rings. The van der Waals surface area contributed by atoms with Crippen LogP contribution in [0, 0.1) is 5.92 Å². The molecule has 1 aliphatic rings. The van der Waals surface area contributed by atoms with Crippen LogP contribution < -0.4 is 10.1 Å². The van der Waals surface area contributed by atoms with Crippen molar-refractivity contribution >= 4 is 0 Å². The SMILES string of the molecule is CC(C)CCN(C1CCNCC1)C(CCCc1cccc(OCc2ccccc2)c1)c1ccccc1. The van der Waals surface area contributed by atoms with Gasteiger partial charge in [0.25, 0.3) is 0 Å². The third-order valence-corrected chi connectivity index (χ3v) is 7.42. The first-order valence-electron chi connectivity index (χ1n) is 14.0. The number of ether oxygens (including phenoxy) is 1. The van der Waals surface area contributed by atoms with Crippen LogP contribution in [-0.2, 0) is 13.0 Å². The average Bonchev–Trinajstić information content (AvgIpc) is 2.93. The summed E-state index contributed by atoms with van der Waals surface area (Å²) < 4.78 is 6.09. The second-order valence-corrected chi connectivity index (χ2v) is 10.6. The molecule has 1 aliphatic heterocycles. The smallest absolute Gasteiger partial charge is 0.120 e. The molecular formula is C33H44N2O. The van der Waals surface area contributed by atoms with Gasteiger partial charge in [-0.15, -0.1) is 0 Å². The third kappa shape index (κ3) is 8.21. The number of aryl methyl sites for hydroxylation is 1. The van der Waals surface area contributed by atoms with Gasteiger partial charge in [0.2, 0.25) is 0 Å². The number of nitrogens with one attached hydrogen (secondary N) is 1. The molecule has 0 bridgehead atoms. The summed E-state index contributed by atoms with van der Waals surface area (Å²) >= 11 is 0. The Morgan fingerprint density at radius 3 is 2.25 bits per heavy atom. The van der Waals surface area contributed by atoms with Gasteiger partial charge in [-0.2, -0.15) is 0 Å². The van der Waals surface area contributed by atoms with Crippen molar-refractivity contribution in [3.05, 3.63) is 102 Å². The first kappa shape index (κ1) is 26.4. The average molecular weight is 485 g/mol. The number of hydrogen-bond acceptors (Lipinski definition) is 3. The van der Waals surface area contributed by atoms with Crippen molar-refractivity contribution in [2.24, 2.45) is 5.92 Å². The van der Waals surface area contributed by atoms with Gasteiger partial charge in [0.1, 0.15) is 12.4 Å². The molecule has 3 aromatic carbocycles. The van der Waals surface area contributed by atoms with Crippen molar-refractivity contribution in [3.63, 3.8) is 0 Å². The molecule has 1 saturated heterocycles. The highest BCUT2D eigenvalue weighted by Gasteiger charge is 2.28. The molecule has 0 aromatic heterocycles. The van der Waals surface area contributed by atoms with Gasteiger partial charge in [-0.1, -0.05) is 86.6 Å². The Balaban J connectivity index is 1.41. The van der Waals surface area contributed by atoms with Gasteiger partial charge in [-0.25, -0.2) is 0 Å². The summed E-state index contributed by atoms with van der Waals surface area (Å²) in [6, 6.07) is 31.5. The van der Waals surface area contributed by atoms with E-state index in [-0.39, 0.29) is 0 Å². The van der Waals surface area contributed by atoms with Crippen molar-refractivity contribution in [1.82, 2.24) is 10.2 Å². The predicted molar refractivity (Wildman–Crippen MR) is 151 cm³/mol. The highest BCUT2D eigenvalue weighted by atomic mass is 16.5. The van der Waals surface area contributed by atoms with Crippen molar-refractivity contribution in [2.75, 3.05) is 19.6 Å². The van der Waals surface area contributed by atoms with E-state index in [0.29, 0.717) is 18.7 Å². The minimum atomic E-state index is 0.477. The van der Waals surface area contributed by atoms with Crippen LogP contribution in [0.2, 0.25) is 0 Å². The summed E-state index contributed by atoms with van der Waals surface area (Å²) in [7, 11) is 0. The minimum Gasteiger partial charge on any atom is -0.489 e. The lowest BCUT2D eigenvalue weighted by Gasteiger charge is -2.41. The van der Waals surface area contributed by atoms with Crippen LogP contribution in [0.15, 0.2) is 84.9 Å². The topological polar surface area (TPSA) is 24.5 Å². The summed E-state index contributed by atoms with van der Waals surface area (Å²) in [4.78, 5) is 2.86. The van der Waals surface area contributed by atoms with E-state index in [1.54, 1.807) is 0 Å². The van der Waals surface area contributed by atoms with E-state index in [4.69, 9.17) is 4.74 Å². The van der Waals surface area contributed by atoms with Gasteiger partial charge >= 0.3 is 0 Å². The number of rotatable bonds is 13. The van der Waals surface area contributed by atoms with Crippen molar-refractivity contribution in [3.8, 4) is 5.75 Å². The van der Waals surface area contributed by atoms with E-state index in [2.05, 4.69) is 103 Å². The molecule has 0 amide bonds. The zero-order valence-corrected chi connectivity index (χ0v) is 22.2. The fraction of sp³-hybridized carbons (Fsp3) is 0.455. The number of hydrogen-bond donors (Lipinski definition) is 1. The standard InChI is InChI=1S/C33H44N2O/c1-27(2)21-24-35(31-19-22-34-23-20-31)33(30-15-7-4-8-16-30)18-10-14-28-13-9-17-32(25-28)36-26-29-11-5-3-6-12-29/h3-9,11-13,15-17,25,27,31,33-34H,10,14,18-24,26H2,1-2H3. The molecule has 1 fully saturated rings. The highest BCUT2D eigenvalue weighted by molar-refractivity contribution is 5.29. The molecule has 0 spiro atoms. The van der Waals surface area contributed by atoms with Gasteiger partial charge < -0.3 is 10.1 Å². The molecule has 3 nitrogen and oxygen atoms in total. The second-order valence-electron chi connectivity index (χ2n) is 10.6. The van der Waals surface area contributed by atoms with E-state index in [9.17, 15) is 0 Å². The second kappa shape index (κ2) is 14.2. The van der Waals surface area contributed by atoms with Crippen molar-refractivity contribution in [1.29, 1.82) is 0 Å². The lowest BCUT2D eigenvalue weighted by Crippen LogP contribution is -2.45. The van der Waals surface area contributed by atoms with Gasteiger partial charge in [-0.3, -0.25) is 4.90 Å². The van der Waals surface area contributed by atoms with Gasteiger partial charge in [0.05, 0.1) is 0 Å². The van der Waals surface area contributed by atoms with Gasteiger partial charge in [-0.05, 0) is 92.9 Å². The lowest BCUT2D eigenvalue weighted by molar-refractivity contribution is 0.0950. The van der Waals surface area contributed by atoms with Crippen LogP contribution in [0.1, 0.15) is 68.7 Å². The Morgan fingerprint density at radius 1 is 0.833 bits per heavy atom. The summed E-state index contributed by atoms with van der Waals surface area (Å²) in [5.74, 6) is 1.69. The van der Waals surface area contributed by atoms with Gasteiger partial charge in [0, 0.05) is 12.1 Å². The molecule has 36 heavy (non-hydrogen) atoms. The largest absolute Gasteiger partial charge is 0.489 e. The monoisotopic (exact) mass is 484 g/mol. The van der Waals surface area contributed by atoms with Crippen molar-refractivity contribution in [2.45, 2.75) is 71.1 Å². The summed E-state index contributed by atoms with van der Waals surface area (Å²) in [5.41, 5.74) is 4.04. The molecule has 0 aliphatic carbocycles. The quantitative estimate of drug-likeness (QED) is 0.273. The number of nitrogens with zero attached hydrogens (tertiary/aromatic N) is 1. The molecule has 1 heterocycles. The fourth-order valence-electron chi connectivity index (χ4n) is 5.37. The predicted octanol–water partition coefficient (Wildman–Crippen LogP) is 7.43. The number of piperidine rings is 1. The Hall–Kier alpha value is -2.62. The highest BCUT2D eigenvalue weighted by Crippen LogP contribution is 2.32. The molecule has 1 atom stereocenters. The maximum absolute atomic E-state index is 6.09. The normalized spacial score (nSPS) is 15.3. The summed E-state index contributed by atoms with van der Waals surface area (Å²) in [5, 5.41) is 3.57. The Morgan fingerprint density at radius 2 is 1.53 bits per heavy atom. The minimum absolute atomic E-state index is 0.477. The first-order chi connectivity index (χ1) is 17.7. The Labute approximate surface area is 218 Å². The van der Waals surface area contributed by atoms with Crippen LogP contribution in [0.4, 0.5) is 0 Å². The van der Waals surface area contributed by atoms with E-state index in [1.807, 2.05) is 6.07 Å². The molecule has 0 radical (unpaired) electrons. The van der Waals surface area contributed by atoms with Crippen LogP contribution in [0.25, 0.3) is 0 Å². The Kier molecular flexibility index (Phi) is 10.4. The van der Waals surface area contributed by atoms with Crippen LogP contribution in [0.3, 0.4) is 0 Å². The molecule has 192 valence electrons. The maximum Gasteiger partial charge on any atom is 0.120 e. The van der Waals surface area contributed by atoms with Crippen LogP contribution in [-0.4, -0.2) is 30.6 Å². The molecule has 0 saturated carbocycles. The molecule has 4 rings (SSSR count). The zero-order chi connectivity index (χ0) is 25.0. The van der Waals surface area contributed by atoms with Crippen LogP contribution in [0.5, 0.6) is 5.75 Å². The van der Waals surface area contributed by atoms with Crippen LogP contribution >= 0.6 is 0 Å². The van der Waals surface area contributed by atoms with E-state index in [0.717, 1.165) is 31.2 Å². The Bertz CT molecular complexity index is 998. The first-order valence-corrected chi connectivity index (χ1v) is 14.0. The zero-order valence-electron chi connectivity index (χ0n) is 22.2. The molecule has 3 heteroatoms. The maximum atomic E-state index is 6.09. The fourth-order valence-corrected chi connectivity index (χ4v) is 5.37. The lowest BCUT2D eigenvalue weighted by atomic mass is 9.93.